The van der Waals surface area contributed by atoms with Crippen LogP contribution in [0.5, 0.6) is 0 Å². The summed E-state index contributed by atoms with van der Waals surface area (Å²) in [6.45, 7) is 3.18. The molecule has 106 valence electrons. The van der Waals surface area contributed by atoms with Crippen LogP contribution in [0, 0.1) is 5.92 Å². The maximum Gasteiger partial charge on any atom is 0.321 e. The van der Waals surface area contributed by atoms with Crippen molar-refractivity contribution >= 4 is 21.8 Å². The zero-order valence-electron chi connectivity index (χ0n) is 10.5. The van der Waals surface area contributed by atoms with Gasteiger partial charge in [0.05, 0.1) is 24.7 Å². The molecule has 8 heteroatoms. The van der Waals surface area contributed by atoms with Crippen molar-refractivity contribution in [2.75, 3.05) is 31.3 Å². The molecular formula is C10H19NO6S. The van der Waals surface area contributed by atoms with Crippen molar-refractivity contribution in [2.45, 2.75) is 13.8 Å². The van der Waals surface area contributed by atoms with Gasteiger partial charge in [-0.1, -0.05) is 0 Å². The van der Waals surface area contributed by atoms with Gasteiger partial charge in [0, 0.05) is 6.54 Å². The summed E-state index contributed by atoms with van der Waals surface area (Å²) in [5.74, 6) is -4.15. The molecule has 0 aliphatic heterocycles. The fraction of sp³-hybridized carbons (Fsp3) is 0.800. The summed E-state index contributed by atoms with van der Waals surface area (Å²) in [4.78, 5) is 23.0. The van der Waals surface area contributed by atoms with Gasteiger partial charge in [0.15, 0.2) is 15.8 Å². The van der Waals surface area contributed by atoms with Crippen LogP contribution in [0.4, 0.5) is 0 Å². The van der Waals surface area contributed by atoms with Gasteiger partial charge >= 0.3 is 11.9 Å². The van der Waals surface area contributed by atoms with Gasteiger partial charge in [-0.25, -0.2) is 8.42 Å². The minimum Gasteiger partial charge on any atom is -0.465 e. The van der Waals surface area contributed by atoms with Gasteiger partial charge in [0.1, 0.15) is 0 Å². The van der Waals surface area contributed by atoms with Crippen LogP contribution in [0.15, 0.2) is 0 Å². The van der Waals surface area contributed by atoms with Crippen molar-refractivity contribution in [3.8, 4) is 0 Å². The summed E-state index contributed by atoms with van der Waals surface area (Å²) in [6.07, 6.45) is 0. The number of hydrogen-bond acceptors (Lipinski definition) is 7. The van der Waals surface area contributed by atoms with Crippen molar-refractivity contribution in [1.29, 1.82) is 0 Å². The smallest absolute Gasteiger partial charge is 0.321 e. The van der Waals surface area contributed by atoms with E-state index in [0.29, 0.717) is 0 Å². The molecule has 0 fully saturated rings. The zero-order valence-corrected chi connectivity index (χ0v) is 11.4. The van der Waals surface area contributed by atoms with Crippen molar-refractivity contribution in [2.24, 2.45) is 11.7 Å². The van der Waals surface area contributed by atoms with Gasteiger partial charge in [-0.2, -0.15) is 0 Å². The number of ether oxygens (including phenoxy) is 2. The SMILES string of the molecule is CCOC(=O)C(CS(=O)(=O)CCN)C(=O)OCC. The van der Waals surface area contributed by atoms with Crippen LogP contribution in [0.1, 0.15) is 13.8 Å². The Kier molecular flexibility index (Phi) is 7.53. The van der Waals surface area contributed by atoms with Crippen LogP contribution < -0.4 is 5.73 Å². The number of sulfone groups is 1. The Morgan fingerprint density at radius 2 is 1.56 bits per heavy atom. The first kappa shape index (κ1) is 16.9. The van der Waals surface area contributed by atoms with Crippen LogP contribution in [-0.4, -0.2) is 51.6 Å². The molecule has 0 aliphatic rings. The third-order valence-electron chi connectivity index (χ3n) is 1.99. The zero-order chi connectivity index (χ0) is 14.2. The Morgan fingerprint density at radius 1 is 1.11 bits per heavy atom. The van der Waals surface area contributed by atoms with Gasteiger partial charge in [-0.15, -0.1) is 0 Å². The third kappa shape index (κ3) is 5.97. The highest BCUT2D eigenvalue weighted by molar-refractivity contribution is 7.91. The molecule has 2 N–H and O–H groups in total. The summed E-state index contributed by atoms with van der Waals surface area (Å²) < 4.78 is 32.4. The topological polar surface area (TPSA) is 113 Å². The number of rotatable bonds is 8. The quantitative estimate of drug-likeness (QED) is 0.453. The molecule has 0 aliphatic carbocycles. The molecule has 18 heavy (non-hydrogen) atoms. The Labute approximate surface area is 107 Å². The minimum absolute atomic E-state index is 0.0612. The molecular weight excluding hydrogens is 262 g/mol. The lowest BCUT2D eigenvalue weighted by Crippen LogP contribution is -2.35. The number of carbonyl (C=O) groups excluding carboxylic acids is 2. The van der Waals surface area contributed by atoms with E-state index in [4.69, 9.17) is 5.73 Å². The van der Waals surface area contributed by atoms with E-state index in [0.717, 1.165) is 0 Å². The van der Waals surface area contributed by atoms with Crippen molar-refractivity contribution in [1.82, 2.24) is 0 Å². The Hall–Kier alpha value is -1.15. The molecule has 0 amide bonds. The average molecular weight is 281 g/mol. The van der Waals surface area contributed by atoms with Crippen LogP contribution >= 0.6 is 0 Å². The normalized spacial score (nSPS) is 11.3. The van der Waals surface area contributed by atoms with E-state index in [1.165, 1.54) is 0 Å². The van der Waals surface area contributed by atoms with Gasteiger partial charge < -0.3 is 15.2 Å². The second kappa shape index (κ2) is 8.04. The van der Waals surface area contributed by atoms with Crippen molar-refractivity contribution < 1.29 is 27.5 Å². The summed E-state index contributed by atoms with van der Waals surface area (Å²) in [5, 5.41) is 0. The molecule has 0 aromatic carbocycles. The molecule has 0 bridgehead atoms. The standard InChI is InChI=1S/C10H19NO6S/c1-3-16-9(12)8(10(13)17-4-2)7-18(14,15)6-5-11/h8H,3-7,11H2,1-2H3. The molecule has 0 unspecified atom stereocenters. The first-order valence-electron chi connectivity index (χ1n) is 5.61. The molecule has 0 spiro atoms. The van der Waals surface area contributed by atoms with E-state index >= 15 is 0 Å². The highest BCUT2D eigenvalue weighted by Gasteiger charge is 2.34. The Balaban J connectivity index is 4.88. The van der Waals surface area contributed by atoms with Crippen LogP contribution in [-0.2, 0) is 28.9 Å². The predicted octanol–water partition coefficient (Wildman–Crippen LogP) is -0.898. The molecule has 0 rings (SSSR count). The van der Waals surface area contributed by atoms with Crippen LogP contribution in [0.2, 0.25) is 0 Å². The third-order valence-corrected chi connectivity index (χ3v) is 3.69. The molecule has 0 heterocycles. The van der Waals surface area contributed by atoms with E-state index in [2.05, 4.69) is 9.47 Å². The Bertz CT molecular complexity index is 360. The van der Waals surface area contributed by atoms with E-state index in [9.17, 15) is 18.0 Å². The molecule has 0 aromatic rings. The maximum atomic E-state index is 11.6. The van der Waals surface area contributed by atoms with Gasteiger partial charge in [0.25, 0.3) is 0 Å². The molecule has 0 aromatic heterocycles. The van der Waals surface area contributed by atoms with E-state index in [-0.39, 0.29) is 25.5 Å². The number of carbonyl (C=O) groups is 2. The monoisotopic (exact) mass is 281 g/mol. The van der Waals surface area contributed by atoms with Gasteiger partial charge in [-0.3, -0.25) is 9.59 Å². The lowest BCUT2D eigenvalue weighted by molar-refractivity contribution is -0.160. The fourth-order valence-electron chi connectivity index (χ4n) is 1.23. The number of nitrogens with two attached hydrogens (primary N) is 1. The first-order chi connectivity index (χ1) is 8.37. The summed E-state index contributed by atoms with van der Waals surface area (Å²) >= 11 is 0. The second-order valence-corrected chi connectivity index (χ2v) is 5.69. The van der Waals surface area contributed by atoms with Crippen molar-refractivity contribution in [3.05, 3.63) is 0 Å². The molecule has 0 saturated carbocycles. The summed E-state index contributed by atoms with van der Waals surface area (Å²) in [7, 11) is -3.58. The molecule has 0 radical (unpaired) electrons. The average Bonchev–Trinajstić information content (AvgIpc) is 2.26. The van der Waals surface area contributed by atoms with E-state index in [1.54, 1.807) is 13.8 Å². The first-order valence-corrected chi connectivity index (χ1v) is 7.43. The van der Waals surface area contributed by atoms with Crippen molar-refractivity contribution in [3.63, 3.8) is 0 Å². The fourth-order valence-corrected chi connectivity index (χ4v) is 2.54. The summed E-state index contributed by atoms with van der Waals surface area (Å²) in [5.41, 5.74) is 5.15. The number of esters is 2. The van der Waals surface area contributed by atoms with Crippen LogP contribution in [0.3, 0.4) is 0 Å². The predicted molar refractivity (Wildman–Crippen MR) is 64.5 cm³/mol. The number of hydrogen-bond donors (Lipinski definition) is 1. The van der Waals surface area contributed by atoms with E-state index < -0.39 is 33.4 Å². The lowest BCUT2D eigenvalue weighted by atomic mass is 10.2. The lowest BCUT2D eigenvalue weighted by Gasteiger charge is -2.14. The molecule has 7 nitrogen and oxygen atoms in total. The summed E-state index contributed by atoms with van der Waals surface area (Å²) in [6, 6.07) is 0. The van der Waals surface area contributed by atoms with E-state index in [1.807, 2.05) is 0 Å². The molecule has 0 saturated heterocycles. The second-order valence-electron chi connectivity index (χ2n) is 3.46. The van der Waals surface area contributed by atoms with Crippen LogP contribution in [0.25, 0.3) is 0 Å². The maximum absolute atomic E-state index is 11.6. The van der Waals surface area contributed by atoms with Gasteiger partial charge in [-0.05, 0) is 13.8 Å². The largest absolute Gasteiger partial charge is 0.465 e. The molecule has 0 atom stereocenters. The minimum atomic E-state index is -3.58. The Morgan fingerprint density at radius 3 is 1.89 bits per heavy atom. The highest BCUT2D eigenvalue weighted by atomic mass is 32.2. The highest BCUT2D eigenvalue weighted by Crippen LogP contribution is 2.08. The van der Waals surface area contributed by atoms with Gasteiger partial charge in [0.2, 0.25) is 0 Å².